The van der Waals surface area contributed by atoms with Gasteiger partial charge >= 0.3 is 0 Å². The maximum Gasteiger partial charge on any atom is 0.267 e. The van der Waals surface area contributed by atoms with Gasteiger partial charge in [0.1, 0.15) is 5.82 Å². The molecule has 6 heteroatoms. The predicted molar refractivity (Wildman–Crippen MR) is 74.3 cm³/mol. The lowest BCUT2D eigenvalue weighted by atomic mass is 9.83. The lowest BCUT2D eigenvalue weighted by molar-refractivity contribution is -0.0431. The SMILES string of the molecule is Cc1cc(C(=O)N(C)C)cc(F)c1C1CCNCC1(F)F. The molecular weight excluding hydrogens is 281 g/mol. The fraction of sp³-hybridized carbons (Fsp3) is 0.533. The Bertz CT molecular complexity index is 535. The van der Waals surface area contributed by atoms with Crippen molar-refractivity contribution in [1.82, 2.24) is 10.2 Å². The number of carbonyl (C=O) groups excluding carboxylic acids is 1. The van der Waals surface area contributed by atoms with E-state index in [4.69, 9.17) is 0 Å². The van der Waals surface area contributed by atoms with Crippen LogP contribution in [0.4, 0.5) is 13.2 Å². The summed E-state index contributed by atoms with van der Waals surface area (Å²) in [5, 5.41) is 2.62. The zero-order valence-electron chi connectivity index (χ0n) is 12.3. The van der Waals surface area contributed by atoms with Crippen LogP contribution < -0.4 is 5.32 Å². The first kappa shape index (κ1) is 15.8. The third-order valence-corrected chi connectivity index (χ3v) is 3.82. The quantitative estimate of drug-likeness (QED) is 0.910. The Morgan fingerprint density at radius 2 is 2.05 bits per heavy atom. The van der Waals surface area contributed by atoms with Crippen molar-refractivity contribution in [3.63, 3.8) is 0 Å². The molecule has 0 bridgehead atoms. The average Bonchev–Trinajstić information content (AvgIpc) is 2.38. The molecule has 0 spiro atoms. The molecule has 21 heavy (non-hydrogen) atoms. The molecule has 3 nitrogen and oxygen atoms in total. The largest absolute Gasteiger partial charge is 0.345 e. The number of amides is 1. The van der Waals surface area contributed by atoms with Gasteiger partial charge in [0.25, 0.3) is 11.8 Å². The lowest BCUT2D eigenvalue weighted by Gasteiger charge is -2.33. The molecule has 1 N–H and O–H groups in total. The zero-order valence-corrected chi connectivity index (χ0v) is 12.3. The van der Waals surface area contributed by atoms with E-state index in [0.29, 0.717) is 12.1 Å². The number of hydrogen-bond acceptors (Lipinski definition) is 2. The number of halogens is 3. The number of rotatable bonds is 2. The van der Waals surface area contributed by atoms with Crippen molar-refractivity contribution in [3.05, 3.63) is 34.6 Å². The molecule has 1 aromatic rings. The Hall–Kier alpha value is -1.56. The summed E-state index contributed by atoms with van der Waals surface area (Å²) >= 11 is 0. The van der Waals surface area contributed by atoms with Gasteiger partial charge in [0.05, 0.1) is 12.5 Å². The lowest BCUT2D eigenvalue weighted by Crippen LogP contribution is -2.45. The van der Waals surface area contributed by atoms with Crippen LogP contribution in [0, 0.1) is 12.7 Å². The highest BCUT2D eigenvalue weighted by Gasteiger charge is 2.44. The van der Waals surface area contributed by atoms with Gasteiger partial charge in [-0.2, -0.15) is 0 Å². The summed E-state index contributed by atoms with van der Waals surface area (Å²) in [4.78, 5) is 13.2. The maximum absolute atomic E-state index is 14.3. The fourth-order valence-electron chi connectivity index (χ4n) is 2.77. The van der Waals surface area contributed by atoms with Crippen LogP contribution in [-0.4, -0.2) is 43.9 Å². The predicted octanol–water partition coefficient (Wildman–Crippen LogP) is 2.55. The van der Waals surface area contributed by atoms with E-state index in [1.54, 1.807) is 21.0 Å². The molecule has 1 aliphatic heterocycles. The summed E-state index contributed by atoms with van der Waals surface area (Å²) in [7, 11) is 3.12. The summed E-state index contributed by atoms with van der Waals surface area (Å²) in [5.41, 5.74) is 0.597. The number of piperidine rings is 1. The van der Waals surface area contributed by atoms with Crippen molar-refractivity contribution < 1.29 is 18.0 Å². The average molecular weight is 300 g/mol. The number of alkyl halides is 2. The molecule has 1 heterocycles. The normalized spacial score (nSPS) is 21.1. The molecule has 0 radical (unpaired) electrons. The van der Waals surface area contributed by atoms with Gasteiger partial charge < -0.3 is 10.2 Å². The number of nitrogens with zero attached hydrogens (tertiary/aromatic N) is 1. The standard InChI is InChI=1S/C15H19F3N2O/c1-9-6-10(14(21)20(2)3)7-12(16)13(9)11-4-5-19-8-15(11,17)18/h6-7,11,19H,4-5,8H2,1-3H3. The summed E-state index contributed by atoms with van der Waals surface area (Å²) < 4.78 is 42.3. The third kappa shape index (κ3) is 3.05. The number of carbonyl (C=O) groups is 1. The molecule has 1 aliphatic rings. The van der Waals surface area contributed by atoms with Gasteiger partial charge in [-0.25, -0.2) is 13.2 Å². The maximum atomic E-state index is 14.3. The highest BCUT2D eigenvalue weighted by Crippen LogP contribution is 2.40. The topological polar surface area (TPSA) is 32.3 Å². The van der Waals surface area contributed by atoms with Gasteiger partial charge in [-0.3, -0.25) is 4.79 Å². The van der Waals surface area contributed by atoms with Crippen molar-refractivity contribution in [2.75, 3.05) is 27.2 Å². The number of benzene rings is 1. The highest BCUT2D eigenvalue weighted by molar-refractivity contribution is 5.94. The number of aryl methyl sites for hydroxylation is 1. The molecule has 0 saturated carbocycles. The van der Waals surface area contributed by atoms with E-state index < -0.39 is 24.2 Å². The third-order valence-electron chi connectivity index (χ3n) is 3.82. The summed E-state index contributed by atoms with van der Waals surface area (Å²) in [6, 6.07) is 2.54. The first-order valence-electron chi connectivity index (χ1n) is 6.84. The van der Waals surface area contributed by atoms with Gasteiger partial charge in [0.2, 0.25) is 0 Å². The van der Waals surface area contributed by atoms with Crippen molar-refractivity contribution in [1.29, 1.82) is 0 Å². The Labute approximate surface area is 122 Å². The van der Waals surface area contributed by atoms with Gasteiger partial charge in [0, 0.05) is 19.7 Å². The molecular formula is C15H19F3N2O. The van der Waals surface area contributed by atoms with E-state index in [1.165, 1.54) is 11.0 Å². The van der Waals surface area contributed by atoms with Crippen LogP contribution in [0.3, 0.4) is 0 Å². The Morgan fingerprint density at radius 1 is 1.38 bits per heavy atom. The summed E-state index contributed by atoms with van der Waals surface area (Å²) in [6.45, 7) is 1.55. The van der Waals surface area contributed by atoms with Crippen LogP contribution in [0.1, 0.15) is 33.8 Å². The van der Waals surface area contributed by atoms with Crippen LogP contribution in [0.15, 0.2) is 12.1 Å². The fourth-order valence-corrected chi connectivity index (χ4v) is 2.77. The van der Waals surface area contributed by atoms with E-state index in [0.717, 1.165) is 6.07 Å². The number of hydrogen-bond donors (Lipinski definition) is 1. The minimum Gasteiger partial charge on any atom is -0.345 e. The van der Waals surface area contributed by atoms with Crippen LogP contribution in [0.25, 0.3) is 0 Å². The molecule has 1 aromatic carbocycles. The Balaban J connectivity index is 2.44. The Morgan fingerprint density at radius 3 is 2.57 bits per heavy atom. The molecule has 2 rings (SSSR count). The van der Waals surface area contributed by atoms with Gasteiger partial charge in [-0.05, 0) is 43.1 Å². The molecule has 1 atom stereocenters. The molecule has 1 amide bonds. The summed E-state index contributed by atoms with van der Waals surface area (Å²) in [6.07, 6.45) is 0.172. The monoisotopic (exact) mass is 300 g/mol. The van der Waals surface area contributed by atoms with Gasteiger partial charge in [-0.15, -0.1) is 0 Å². The summed E-state index contributed by atoms with van der Waals surface area (Å²) in [5.74, 6) is -5.22. The molecule has 1 fully saturated rings. The first-order chi connectivity index (χ1) is 9.74. The van der Waals surface area contributed by atoms with Crippen molar-refractivity contribution in [2.24, 2.45) is 0 Å². The van der Waals surface area contributed by atoms with Gasteiger partial charge in [-0.1, -0.05) is 0 Å². The smallest absolute Gasteiger partial charge is 0.267 e. The van der Waals surface area contributed by atoms with Crippen LogP contribution >= 0.6 is 0 Å². The van der Waals surface area contributed by atoms with Crippen LogP contribution in [0.2, 0.25) is 0 Å². The second-order valence-corrected chi connectivity index (χ2v) is 5.67. The molecule has 0 aromatic heterocycles. The van der Waals surface area contributed by atoms with Crippen LogP contribution in [-0.2, 0) is 0 Å². The molecule has 1 saturated heterocycles. The second kappa shape index (κ2) is 5.67. The second-order valence-electron chi connectivity index (χ2n) is 5.67. The molecule has 116 valence electrons. The first-order valence-corrected chi connectivity index (χ1v) is 6.84. The van der Waals surface area contributed by atoms with E-state index in [1.807, 2.05) is 0 Å². The van der Waals surface area contributed by atoms with Crippen molar-refractivity contribution >= 4 is 5.91 Å². The minimum absolute atomic E-state index is 0.0248. The van der Waals surface area contributed by atoms with Gasteiger partial charge in [0.15, 0.2) is 0 Å². The van der Waals surface area contributed by atoms with Crippen molar-refractivity contribution in [3.8, 4) is 0 Å². The van der Waals surface area contributed by atoms with E-state index in [9.17, 15) is 18.0 Å². The van der Waals surface area contributed by atoms with E-state index in [2.05, 4.69) is 5.32 Å². The number of nitrogens with one attached hydrogen (secondary N) is 1. The van der Waals surface area contributed by atoms with Crippen molar-refractivity contribution in [2.45, 2.75) is 25.2 Å². The molecule has 1 unspecified atom stereocenters. The van der Waals surface area contributed by atoms with E-state index >= 15 is 0 Å². The van der Waals surface area contributed by atoms with E-state index in [-0.39, 0.29) is 23.5 Å². The molecule has 0 aliphatic carbocycles. The Kier molecular flexibility index (Phi) is 4.27. The minimum atomic E-state index is -2.99. The zero-order chi connectivity index (χ0) is 15.8. The highest BCUT2D eigenvalue weighted by atomic mass is 19.3. The van der Waals surface area contributed by atoms with Crippen LogP contribution in [0.5, 0.6) is 0 Å².